The van der Waals surface area contributed by atoms with Gasteiger partial charge in [-0.25, -0.2) is 0 Å². The summed E-state index contributed by atoms with van der Waals surface area (Å²) in [5.74, 6) is 0.832. The fourth-order valence-corrected chi connectivity index (χ4v) is 3.73. The van der Waals surface area contributed by atoms with E-state index in [1.807, 2.05) is 71.4 Å². The monoisotopic (exact) mass is 423 g/mol. The molecule has 1 amide bonds. The first-order chi connectivity index (χ1) is 14.2. The van der Waals surface area contributed by atoms with Gasteiger partial charge in [-0.2, -0.15) is 11.3 Å². The van der Waals surface area contributed by atoms with Crippen LogP contribution in [0.4, 0.5) is 0 Å². The van der Waals surface area contributed by atoms with Crippen molar-refractivity contribution in [2.45, 2.75) is 18.9 Å². The number of halogens is 1. The molecule has 2 aromatic heterocycles. The fourth-order valence-electron chi connectivity index (χ4n) is 2.97. The molecule has 29 heavy (non-hydrogen) atoms. The third-order valence-corrected chi connectivity index (χ3v) is 5.38. The zero-order chi connectivity index (χ0) is 20.1. The maximum Gasteiger partial charge on any atom is 0.248 e. The first-order valence-corrected chi connectivity index (χ1v) is 10.5. The standard InChI is InChI=1S/C22H18ClN3O2S/c23-18-8-6-16(7-9-18)21(15-4-2-1-3-5-15)24-19(27)10-11-20-25-26-22(28-20)17-12-13-29-14-17/h1-9,12-14,21H,10-11H2,(H,24,27). The van der Waals surface area contributed by atoms with E-state index >= 15 is 0 Å². The van der Waals surface area contributed by atoms with Crippen LogP contribution in [0.15, 0.2) is 75.8 Å². The topological polar surface area (TPSA) is 68.0 Å². The maximum absolute atomic E-state index is 12.7. The van der Waals surface area contributed by atoms with E-state index in [4.69, 9.17) is 16.0 Å². The van der Waals surface area contributed by atoms with Gasteiger partial charge in [0.15, 0.2) is 0 Å². The Kier molecular flexibility index (Phi) is 6.03. The first-order valence-electron chi connectivity index (χ1n) is 9.14. The van der Waals surface area contributed by atoms with E-state index in [0.29, 0.717) is 23.2 Å². The smallest absolute Gasteiger partial charge is 0.248 e. The van der Waals surface area contributed by atoms with Gasteiger partial charge in [0.25, 0.3) is 0 Å². The van der Waals surface area contributed by atoms with Crippen molar-refractivity contribution >= 4 is 28.8 Å². The Labute approximate surface area is 177 Å². The SMILES string of the molecule is O=C(CCc1nnc(-c2ccsc2)o1)NC(c1ccccc1)c1ccc(Cl)cc1. The quantitative estimate of drug-likeness (QED) is 0.438. The molecule has 2 heterocycles. The van der Waals surface area contributed by atoms with Crippen LogP contribution in [0.1, 0.15) is 29.5 Å². The van der Waals surface area contributed by atoms with Crippen molar-refractivity contribution in [3.05, 3.63) is 93.5 Å². The zero-order valence-corrected chi connectivity index (χ0v) is 17.0. The number of thiophene rings is 1. The van der Waals surface area contributed by atoms with Gasteiger partial charge in [0.05, 0.1) is 6.04 Å². The number of rotatable bonds is 7. The van der Waals surface area contributed by atoms with E-state index in [2.05, 4.69) is 15.5 Å². The average Bonchev–Trinajstić information content (AvgIpc) is 3.44. The van der Waals surface area contributed by atoms with Crippen molar-refractivity contribution in [1.82, 2.24) is 15.5 Å². The van der Waals surface area contributed by atoms with Gasteiger partial charge in [0, 0.05) is 28.8 Å². The minimum Gasteiger partial charge on any atom is -0.421 e. The average molecular weight is 424 g/mol. The van der Waals surface area contributed by atoms with Crippen LogP contribution < -0.4 is 5.32 Å². The molecule has 5 nitrogen and oxygen atoms in total. The van der Waals surface area contributed by atoms with Crippen molar-refractivity contribution in [2.24, 2.45) is 0 Å². The van der Waals surface area contributed by atoms with E-state index < -0.39 is 0 Å². The molecular weight excluding hydrogens is 406 g/mol. The van der Waals surface area contributed by atoms with Gasteiger partial charge in [-0.3, -0.25) is 4.79 Å². The lowest BCUT2D eigenvalue weighted by Gasteiger charge is -2.20. The highest BCUT2D eigenvalue weighted by atomic mass is 35.5. The van der Waals surface area contributed by atoms with E-state index in [9.17, 15) is 4.79 Å². The lowest BCUT2D eigenvalue weighted by atomic mass is 9.98. The highest BCUT2D eigenvalue weighted by molar-refractivity contribution is 7.08. The van der Waals surface area contributed by atoms with Gasteiger partial charge < -0.3 is 9.73 Å². The summed E-state index contributed by atoms with van der Waals surface area (Å²) in [6.45, 7) is 0. The third kappa shape index (κ3) is 4.91. The summed E-state index contributed by atoms with van der Waals surface area (Å²) < 4.78 is 5.66. The van der Waals surface area contributed by atoms with Crippen LogP contribution in [-0.4, -0.2) is 16.1 Å². The Bertz CT molecular complexity index is 1060. The molecule has 0 bridgehead atoms. The Morgan fingerprint density at radius 2 is 1.79 bits per heavy atom. The molecule has 0 spiro atoms. The molecule has 1 N–H and O–H groups in total. The maximum atomic E-state index is 12.7. The van der Waals surface area contributed by atoms with Crippen LogP contribution in [0, 0.1) is 0 Å². The Morgan fingerprint density at radius 3 is 2.52 bits per heavy atom. The van der Waals surface area contributed by atoms with Crippen molar-refractivity contribution in [2.75, 3.05) is 0 Å². The lowest BCUT2D eigenvalue weighted by molar-refractivity contribution is -0.121. The summed E-state index contributed by atoms with van der Waals surface area (Å²) in [6, 6.07) is 19.0. The molecule has 0 saturated heterocycles. The number of hydrogen-bond donors (Lipinski definition) is 1. The number of aromatic nitrogens is 2. The molecule has 1 atom stereocenters. The number of carbonyl (C=O) groups excluding carboxylic acids is 1. The molecule has 4 aromatic rings. The Morgan fingerprint density at radius 1 is 1.03 bits per heavy atom. The lowest BCUT2D eigenvalue weighted by Crippen LogP contribution is -2.29. The highest BCUT2D eigenvalue weighted by Gasteiger charge is 2.18. The van der Waals surface area contributed by atoms with Gasteiger partial charge in [-0.1, -0.05) is 54.1 Å². The second-order valence-corrected chi connectivity index (χ2v) is 7.69. The number of amides is 1. The van der Waals surface area contributed by atoms with Crippen LogP contribution in [-0.2, 0) is 11.2 Å². The predicted molar refractivity (Wildman–Crippen MR) is 114 cm³/mol. The Hall–Kier alpha value is -2.96. The van der Waals surface area contributed by atoms with Crippen LogP contribution in [0.25, 0.3) is 11.5 Å². The molecule has 0 radical (unpaired) electrons. The molecule has 0 aliphatic carbocycles. The summed E-state index contributed by atoms with van der Waals surface area (Å²) in [6.07, 6.45) is 0.632. The normalized spacial score (nSPS) is 11.9. The minimum atomic E-state index is -0.259. The van der Waals surface area contributed by atoms with Gasteiger partial charge in [-0.15, -0.1) is 10.2 Å². The molecule has 1 unspecified atom stereocenters. The third-order valence-electron chi connectivity index (χ3n) is 4.44. The van der Waals surface area contributed by atoms with Crippen LogP contribution in [0.2, 0.25) is 5.02 Å². The summed E-state index contributed by atoms with van der Waals surface area (Å²) in [5, 5.41) is 15.7. The number of carbonyl (C=O) groups is 1. The van der Waals surface area contributed by atoms with Gasteiger partial charge >= 0.3 is 0 Å². The molecule has 0 aliphatic heterocycles. The van der Waals surface area contributed by atoms with Crippen molar-refractivity contribution in [1.29, 1.82) is 0 Å². The molecule has 146 valence electrons. The van der Waals surface area contributed by atoms with E-state index in [1.165, 1.54) is 0 Å². The number of aryl methyl sites for hydroxylation is 1. The zero-order valence-electron chi connectivity index (χ0n) is 15.4. The number of benzene rings is 2. The van der Waals surface area contributed by atoms with E-state index in [0.717, 1.165) is 16.7 Å². The first kappa shape index (κ1) is 19.4. The number of nitrogens with one attached hydrogen (secondary N) is 1. The molecule has 7 heteroatoms. The fraction of sp³-hybridized carbons (Fsp3) is 0.136. The largest absolute Gasteiger partial charge is 0.421 e. The Balaban J connectivity index is 1.43. The summed E-state index contributed by atoms with van der Waals surface area (Å²) in [7, 11) is 0. The van der Waals surface area contributed by atoms with Crippen LogP contribution >= 0.6 is 22.9 Å². The van der Waals surface area contributed by atoms with Gasteiger partial charge in [0.1, 0.15) is 0 Å². The van der Waals surface area contributed by atoms with Crippen LogP contribution in [0.3, 0.4) is 0 Å². The van der Waals surface area contributed by atoms with Crippen LogP contribution in [0.5, 0.6) is 0 Å². The van der Waals surface area contributed by atoms with Gasteiger partial charge in [-0.05, 0) is 34.7 Å². The molecule has 0 aliphatic rings. The van der Waals surface area contributed by atoms with E-state index in [1.54, 1.807) is 11.3 Å². The number of hydrogen-bond acceptors (Lipinski definition) is 5. The van der Waals surface area contributed by atoms with Crippen molar-refractivity contribution in [3.8, 4) is 11.5 Å². The highest BCUT2D eigenvalue weighted by Crippen LogP contribution is 2.24. The second kappa shape index (κ2) is 9.03. The van der Waals surface area contributed by atoms with E-state index in [-0.39, 0.29) is 18.4 Å². The van der Waals surface area contributed by atoms with Crippen molar-refractivity contribution < 1.29 is 9.21 Å². The molecule has 4 rings (SSSR count). The molecule has 2 aromatic carbocycles. The minimum absolute atomic E-state index is 0.0934. The van der Waals surface area contributed by atoms with Crippen molar-refractivity contribution in [3.63, 3.8) is 0 Å². The number of nitrogens with zero attached hydrogens (tertiary/aromatic N) is 2. The second-order valence-electron chi connectivity index (χ2n) is 6.48. The summed E-state index contributed by atoms with van der Waals surface area (Å²) in [4.78, 5) is 12.7. The summed E-state index contributed by atoms with van der Waals surface area (Å²) >= 11 is 7.58. The molecule has 0 fully saturated rings. The summed E-state index contributed by atoms with van der Waals surface area (Å²) in [5.41, 5.74) is 2.86. The predicted octanol–water partition coefficient (Wildman–Crippen LogP) is 5.29. The van der Waals surface area contributed by atoms with Gasteiger partial charge in [0.2, 0.25) is 17.7 Å². The molecular formula is C22H18ClN3O2S. The molecule has 0 saturated carbocycles.